The van der Waals surface area contributed by atoms with E-state index in [0.717, 1.165) is 12.2 Å². The number of anilines is 2. The Bertz CT molecular complexity index is 372. The number of hydrogen-bond donors (Lipinski definition) is 2. The van der Waals surface area contributed by atoms with E-state index in [9.17, 15) is 0 Å². The lowest BCUT2D eigenvalue weighted by atomic mass is 10.2. The third-order valence-corrected chi connectivity index (χ3v) is 5.90. The zero-order valence-electron chi connectivity index (χ0n) is 9.21. The fraction of sp³-hybridized carbons (Fsp3) is 0.455. The Morgan fingerprint density at radius 2 is 2.00 bits per heavy atom. The molecule has 1 aliphatic heterocycles. The molecule has 1 aliphatic rings. The molecular formula is C11H14Cl2N2S2. The topological polar surface area (TPSA) is 38.0 Å². The SMILES string of the molecule is Nc1cc(Cl)c(NCC2CSCCS2)c(Cl)c1. The van der Waals surface area contributed by atoms with Crippen LogP contribution in [0.5, 0.6) is 0 Å². The quantitative estimate of drug-likeness (QED) is 0.832. The summed E-state index contributed by atoms with van der Waals surface area (Å²) < 4.78 is 0. The highest BCUT2D eigenvalue weighted by Crippen LogP contribution is 2.33. The fourth-order valence-corrected chi connectivity index (χ4v) is 4.88. The average Bonchev–Trinajstić information content (AvgIpc) is 2.29. The number of nitrogens with one attached hydrogen (secondary N) is 1. The van der Waals surface area contributed by atoms with Crippen LogP contribution in [0.1, 0.15) is 0 Å². The van der Waals surface area contributed by atoms with E-state index in [2.05, 4.69) is 5.32 Å². The van der Waals surface area contributed by atoms with Crippen molar-refractivity contribution in [1.82, 2.24) is 0 Å². The van der Waals surface area contributed by atoms with Crippen molar-refractivity contribution in [3.63, 3.8) is 0 Å². The van der Waals surface area contributed by atoms with Crippen molar-refractivity contribution < 1.29 is 0 Å². The van der Waals surface area contributed by atoms with Crippen LogP contribution in [0.2, 0.25) is 10.0 Å². The Kier molecular flexibility index (Phi) is 5.03. The van der Waals surface area contributed by atoms with Crippen LogP contribution in [-0.2, 0) is 0 Å². The molecule has 2 nitrogen and oxygen atoms in total. The van der Waals surface area contributed by atoms with Gasteiger partial charge in [-0.3, -0.25) is 0 Å². The number of halogens is 2. The Morgan fingerprint density at radius 1 is 1.29 bits per heavy atom. The standard InChI is InChI=1S/C11H14Cl2N2S2/c12-9-3-7(14)4-10(13)11(9)15-5-8-6-16-1-2-17-8/h3-4,8,15H,1-2,5-6,14H2. The Hall–Kier alpha value is 0.1000. The van der Waals surface area contributed by atoms with Gasteiger partial charge in [0.25, 0.3) is 0 Å². The molecule has 1 heterocycles. The van der Waals surface area contributed by atoms with Crippen molar-refractivity contribution in [3.05, 3.63) is 22.2 Å². The molecule has 1 saturated heterocycles. The molecule has 0 bridgehead atoms. The second-order valence-corrected chi connectivity index (χ2v) is 7.18. The summed E-state index contributed by atoms with van der Waals surface area (Å²) in [6.45, 7) is 0.890. The minimum atomic E-state index is 0.587. The molecule has 0 aromatic heterocycles. The zero-order chi connectivity index (χ0) is 12.3. The van der Waals surface area contributed by atoms with Crippen LogP contribution in [0, 0.1) is 0 Å². The second kappa shape index (κ2) is 6.32. The van der Waals surface area contributed by atoms with Gasteiger partial charge in [0, 0.05) is 34.7 Å². The summed E-state index contributed by atoms with van der Waals surface area (Å²) in [6.07, 6.45) is 0. The summed E-state index contributed by atoms with van der Waals surface area (Å²) in [5.74, 6) is 3.66. The Labute approximate surface area is 120 Å². The predicted molar refractivity (Wildman–Crippen MR) is 82.9 cm³/mol. The number of rotatable bonds is 3. The lowest BCUT2D eigenvalue weighted by Crippen LogP contribution is -2.23. The molecule has 1 unspecified atom stereocenters. The summed E-state index contributed by atoms with van der Waals surface area (Å²) in [5, 5.41) is 5.12. The molecule has 0 radical (unpaired) electrons. The number of benzene rings is 1. The van der Waals surface area contributed by atoms with Crippen molar-refractivity contribution in [3.8, 4) is 0 Å². The van der Waals surface area contributed by atoms with Crippen LogP contribution in [-0.4, -0.2) is 29.1 Å². The van der Waals surface area contributed by atoms with Gasteiger partial charge in [0.1, 0.15) is 0 Å². The van der Waals surface area contributed by atoms with E-state index in [-0.39, 0.29) is 0 Å². The minimum absolute atomic E-state index is 0.587. The summed E-state index contributed by atoms with van der Waals surface area (Å²) in [4.78, 5) is 0. The zero-order valence-corrected chi connectivity index (χ0v) is 12.4. The maximum Gasteiger partial charge on any atom is 0.0720 e. The van der Waals surface area contributed by atoms with E-state index in [1.807, 2.05) is 23.5 Å². The molecule has 3 N–H and O–H groups in total. The van der Waals surface area contributed by atoms with Crippen molar-refractivity contribution in [2.75, 3.05) is 34.9 Å². The van der Waals surface area contributed by atoms with E-state index < -0.39 is 0 Å². The van der Waals surface area contributed by atoms with Gasteiger partial charge >= 0.3 is 0 Å². The van der Waals surface area contributed by atoms with Crippen molar-refractivity contribution in [2.24, 2.45) is 0 Å². The molecule has 94 valence electrons. The summed E-state index contributed by atoms with van der Waals surface area (Å²) in [5.41, 5.74) is 7.04. The molecule has 1 atom stereocenters. The minimum Gasteiger partial charge on any atom is -0.399 e. The van der Waals surface area contributed by atoms with Crippen molar-refractivity contribution in [2.45, 2.75) is 5.25 Å². The molecule has 1 fully saturated rings. The van der Waals surface area contributed by atoms with Gasteiger partial charge in [0.15, 0.2) is 0 Å². The van der Waals surface area contributed by atoms with E-state index in [4.69, 9.17) is 28.9 Å². The largest absolute Gasteiger partial charge is 0.399 e. The first-order chi connectivity index (χ1) is 8.16. The third-order valence-electron chi connectivity index (χ3n) is 2.46. The molecule has 1 aromatic rings. The maximum absolute atomic E-state index is 6.11. The van der Waals surface area contributed by atoms with Gasteiger partial charge in [-0.2, -0.15) is 23.5 Å². The first kappa shape index (κ1) is 13.5. The third kappa shape index (κ3) is 3.78. The summed E-state index contributed by atoms with van der Waals surface area (Å²) in [6, 6.07) is 3.44. The fourth-order valence-electron chi connectivity index (χ4n) is 1.63. The lowest BCUT2D eigenvalue weighted by Gasteiger charge is -2.22. The van der Waals surface area contributed by atoms with Crippen LogP contribution < -0.4 is 11.1 Å². The van der Waals surface area contributed by atoms with Gasteiger partial charge in [-0.05, 0) is 12.1 Å². The van der Waals surface area contributed by atoms with Crippen molar-refractivity contribution in [1.29, 1.82) is 0 Å². The van der Waals surface area contributed by atoms with Crippen LogP contribution in [0.3, 0.4) is 0 Å². The maximum atomic E-state index is 6.11. The van der Waals surface area contributed by atoms with Gasteiger partial charge in [-0.25, -0.2) is 0 Å². The number of hydrogen-bond acceptors (Lipinski definition) is 4. The molecule has 6 heteroatoms. The van der Waals surface area contributed by atoms with Gasteiger partial charge in [0.2, 0.25) is 0 Å². The van der Waals surface area contributed by atoms with E-state index >= 15 is 0 Å². The normalized spacial score (nSPS) is 20.2. The van der Waals surface area contributed by atoms with Crippen LogP contribution in [0.15, 0.2) is 12.1 Å². The average molecular weight is 309 g/mol. The van der Waals surface area contributed by atoms with Crippen LogP contribution >= 0.6 is 46.7 Å². The molecule has 17 heavy (non-hydrogen) atoms. The molecule has 2 rings (SSSR count). The molecule has 0 spiro atoms. The first-order valence-electron chi connectivity index (χ1n) is 5.34. The molecule has 0 aliphatic carbocycles. The summed E-state index contributed by atoms with van der Waals surface area (Å²) >= 11 is 16.2. The summed E-state index contributed by atoms with van der Waals surface area (Å²) in [7, 11) is 0. The monoisotopic (exact) mass is 308 g/mol. The molecule has 1 aromatic carbocycles. The van der Waals surface area contributed by atoms with Gasteiger partial charge < -0.3 is 11.1 Å². The Balaban J connectivity index is 1.98. The van der Waals surface area contributed by atoms with E-state index in [0.29, 0.717) is 21.0 Å². The van der Waals surface area contributed by atoms with Crippen LogP contribution in [0.25, 0.3) is 0 Å². The molecular weight excluding hydrogens is 295 g/mol. The number of nitrogens with two attached hydrogens (primary N) is 1. The second-order valence-electron chi connectivity index (χ2n) is 3.81. The van der Waals surface area contributed by atoms with E-state index in [1.54, 1.807) is 12.1 Å². The van der Waals surface area contributed by atoms with Gasteiger partial charge in [0.05, 0.1) is 15.7 Å². The Morgan fingerprint density at radius 3 is 2.59 bits per heavy atom. The molecule has 0 saturated carbocycles. The van der Waals surface area contributed by atoms with Crippen molar-refractivity contribution >= 4 is 58.1 Å². The van der Waals surface area contributed by atoms with Gasteiger partial charge in [-0.1, -0.05) is 23.2 Å². The highest BCUT2D eigenvalue weighted by Gasteiger charge is 2.15. The highest BCUT2D eigenvalue weighted by molar-refractivity contribution is 8.06. The lowest BCUT2D eigenvalue weighted by molar-refractivity contribution is 1.00. The highest BCUT2D eigenvalue weighted by atomic mass is 35.5. The predicted octanol–water partition coefficient (Wildman–Crippen LogP) is 3.84. The van der Waals surface area contributed by atoms with Gasteiger partial charge in [-0.15, -0.1) is 0 Å². The van der Waals surface area contributed by atoms with Crippen LogP contribution in [0.4, 0.5) is 11.4 Å². The molecule has 0 amide bonds. The first-order valence-corrected chi connectivity index (χ1v) is 8.30. The smallest absolute Gasteiger partial charge is 0.0720 e. The van der Waals surface area contributed by atoms with E-state index in [1.165, 1.54) is 17.3 Å². The number of thioether (sulfide) groups is 2. The number of nitrogen functional groups attached to an aromatic ring is 1.